The lowest BCUT2D eigenvalue weighted by molar-refractivity contribution is 0.0698. The van der Waals surface area contributed by atoms with E-state index in [0.717, 1.165) is 25.7 Å². The fraction of sp³-hybridized carbons (Fsp3) is 0.429. The van der Waals surface area contributed by atoms with Gasteiger partial charge < -0.3 is 9.84 Å². The first-order valence-electron chi connectivity index (χ1n) is 9.38. The lowest BCUT2D eigenvalue weighted by Crippen LogP contribution is -2.15. The molecule has 1 aromatic heterocycles. The number of carbonyl (C=O) groups excluding carboxylic acids is 1. The third kappa shape index (κ3) is 7.43. The average Bonchev–Trinajstić information content (AvgIpc) is 3.12. The van der Waals surface area contributed by atoms with Gasteiger partial charge in [0.2, 0.25) is 0 Å². The summed E-state index contributed by atoms with van der Waals surface area (Å²) in [5.74, 6) is -0.377. The Morgan fingerprint density at radius 1 is 1.15 bits per heavy atom. The van der Waals surface area contributed by atoms with Crippen LogP contribution in [0.1, 0.15) is 54.9 Å². The minimum absolute atomic E-state index is 0.0842. The van der Waals surface area contributed by atoms with Crippen LogP contribution in [0.25, 0.3) is 0 Å². The summed E-state index contributed by atoms with van der Waals surface area (Å²) in [5.41, 5.74) is 1.47. The van der Waals surface area contributed by atoms with E-state index in [1.807, 2.05) is 6.07 Å². The third-order valence-electron chi connectivity index (χ3n) is 4.55. The number of ether oxygens (including phenoxy) is 1. The molecule has 146 valence electrons. The van der Waals surface area contributed by atoms with Gasteiger partial charge in [-0.2, -0.15) is 0 Å². The number of benzene rings is 1. The first kappa shape index (κ1) is 21.0. The van der Waals surface area contributed by atoms with Gasteiger partial charge in [-0.05, 0) is 35.8 Å². The zero-order valence-corrected chi connectivity index (χ0v) is 16.5. The van der Waals surface area contributed by atoms with Crippen molar-refractivity contribution in [2.75, 3.05) is 11.9 Å². The lowest BCUT2D eigenvalue weighted by Gasteiger charge is -2.14. The summed E-state index contributed by atoms with van der Waals surface area (Å²) in [5, 5.41) is 13.4. The number of thiophene rings is 1. The highest BCUT2D eigenvalue weighted by atomic mass is 32.1. The van der Waals surface area contributed by atoms with Crippen molar-refractivity contribution in [2.45, 2.75) is 45.4 Å². The van der Waals surface area contributed by atoms with Gasteiger partial charge in [0.15, 0.2) is 0 Å². The molecule has 5 nitrogen and oxygen atoms in total. The highest BCUT2D eigenvalue weighted by molar-refractivity contribution is 7.14. The molecule has 0 saturated heterocycles. The van der Waals surface area contributed by atoms with Gasteiger partial charge in [-0.3, -0.25) is 5.32 Å². The molecule has 1 unspecified atom stereocenters. The number of unbranched alkanes of at least 4 members (excludes halogenated alkanes) is 2. The fourth-order valence-corrected chi connectivity index (χ4v) is 3.74. The van der Waals surface area contributed by atoms with Gasteiger partial charge in [0.05, 0.1) is 12.2 Å². The largest absolute Gasteiger partial charge is 0.478 e. The van der Waals surface area contributed by atoms with Crippen LogP contribution in [0.5, 0.6) is 0 Å². The Bertz CT molecular complexity index is 714. The summed E-state index contributed by atoms with van der Waals surface area (Å²) in [7, 11) is 0. The van der Waals surface area contributed by atoms with Gasteiger partial charge in [-0.1, -0.05) is 62.9 Å². The molecule has 1 atom stereocenters. The van der Waals surface area contributed by atoms with Crippen molar-refractivity contribution in [1.29, 1.82) is 0 Å². The van der Waals surface area contributed by atoms with Gasteiger partial charge in [-0.15, -0.1) is 11.3 Å². The molecule has 0 fully saturated rings. The lowest BCUT2D eigenvalue weighted by atomic mass is 9.92. The summed E-state index contributed by atoms with van der Waals surface area (Å²) in [6.07, 6.45) is 5.79. The van der Waals surface area contributed by atoms with Gasteiger partial charge in [0, 0.05) is 0 Å². The molecule has 0 saturated carbocycles. The van der Waals surface area contributed by atoms with Crippen LogP contribution in [0.3, 0.4) is 0 Å². The number of carboxylic acids is 1. The van der Waals surface area contributed by atoms with E-state index in [1.54, 1.807) is 5.38 Å². The number of amides is 1. The van der Waals surface area contributed by atoms with Crippen LogP contribution < -0.4 is 5.32 Å². The number of carboxylic acid groups (broad SMARTS) is 1. The third-order valence-corrected chi connectivity index (χ3v) is 5.38. The Morgan fingerprint density at radius 3 is 2.63 bits per heavy atom. The second kappa shape index (κ2) is 11.4. The van der Waals surface area contributed by atoms with Gasteiger partial charge in [0.25, 0.3) is 0 Å². The average molecular weight is 390 g/mol. The van der Waals surface area contributed by atoms with Crippen LogP contribution in [0.15, 0.2) is 41.8 Å². The molecule has 0 aliphatic carbocycles. The number of carbonyl (C=O) groups is 2. The van der Waals surface area contributed by atoms with E-state index >= 15 is 0 Å². The van der Waals surface area contributed by atoms with Crippen molar-refractivity contribution in [3.05, 3.63) is 52.9 Å². The summed E-state index contributed by atoms with van der Waals surface area (Å²) in [4.78, 5) is 22.8. The normalized spacial score (nSPS) is 11.7. The molecule has 6 heteroatoms. The van der Waals surface area contributed by atoms with Crippen LogP contribution in [-0.4, -0.2) is 23.8 Å². The van der Waals surface area contributed by atoms with Crippen molar-refractivity contribution >= 4 is 28.4 Å². The van der Waals surface area contributed by atoms with E-state index in [9.17, 15) is 9.59 Å². The predicted octanol–water partition coefficient (Wildman–Crippen LogP) is 5.82. The molecule has 2 aromatic rings. The van der Waals surface area contributed by atoms with Crippen molar-refractivity contribution in [1.82, 2.24) is 0 Å². The summed E-state index contributed by atoms with van der Waals surface area (Å²) in [6, 6.07) is 12.0. The van der Waals surface area contributed by atoms with Crippen molar-refractivity contribution in [3.8, 4) is 0 Å². The number of hydrogen-bond acceptors (Lipinski definition) is 4. The van der Waals surface area contributed by atoms with Crippen LogP contribution in [-0.2, 0) is 11.2 Å². The molecule has 0 radical (unpaired) electrons. The van der Waals surface area contributed by atoms with Crippen LogP contribution in [0.4, 0.5) is 9.80 Å². The maximum atomic E-state index is 11.8. The van der Waals surface area contributed by atoms with Crippen LogP contribution in [0, 0.1) is 5.92 Å². The maximum Gasteiger partial charge on any atom is 0.412 e. The van der Waals surface area contributed by atoms with Crippen LogP contribution in [0.2, 0.25) is 0 Å². The highest BCUT2D eigenvalue weighted by Gasteiger charge is 2.14. The number of hydrogen-bond donors (Lipinski definition) is 2. The Balaban J connectivity index is 1.59. The summed E-state index contributed by atoms with van der Waals surface area (Å²) in [6.45, 7) is 2.58. The van der Waals surface area contributed by atoms with Crippen molar-refractivity contribution in [2.24, 2.45) is 5.92 Å². The van der Waals surface area contributed by atoms with E-state index in [0.29, 0.717) is 17.5 Å². The van der Waals surface area contributed by atoms with Gasteiger partial charge in [0.1, 0.15) is 5.00 Å². The minimum atomic E-state index is -1.06. The number of nitrogens with one attached hydrogen (secondary N) is 1. The Labute approximate surface area is 164 Å². The zero-order valence-electron chi connectivity index (χ0n) is 15.6. The molecule has 0 spiro atoms. The second-order valence-electron chi connectivity index (χ2n) is 6.54. The van der Waals surface area contributed by atoms with Crippen LogP contribution >= 0.6 is 11.3 Å². The molecule has 1 amide bonds. The predicted molar refractivity (Wildman–Crippen MR) is 109 cm³/mol. The Kier molecular flexibility index (Phi) is 8.84. The van der Waals surface area contributed by atoms with Crippen molar-refractivity contribution < 1.29 is 19.4 Å². The van der Waals surface area contributed by atoms with Gasteiger partial charge in [-0.25, -0.2) is 9.59 Å². The smallest absolute Gasteiger partial charge is 0.412 e. The molecule has 2 rings (SSSR count). The highest BCUT2D eigenvalue weighted by Crippen LogP contribution is 2.23. The SMILES string of the molecule is CCC(CCCCCOC(=O)Nc1sccc1C(=O)O)Cc1ccccc1. The Morgan fingerprint density at radius 2 is 1.93 bits per heavy atom. The first-order chi connectivity index (χ1) is 13.1. The monoisotopic (exact) mass is 389 g/mol. The molecule has 1 heterocycles. The molecule has 0 aliphatic rings. The molecule has 2 N–H and O–H groups in total. The topological polar surface area (TPSA) is 75.6 Å². The molecular weight excluding hydrogens is 362 g/mol. The van der Waals surface area contributed by atoms with E-state index in [1.165, 1.54) is 35.8 Å². The first-order valence-corrected chi connectivity index (χ1v) is 10.3. The van der Waals surface area contributed by atoms with E-state index in [4.69, 9.17) is 9.84 Å². The van der Waals surface area contributed by atoms with Gasteiger partial charge >= 0.3 is 12.1 Å². The molecule has 0 bridgehead atoms. The molecular formula is C21H27NO4S. The van der Waals surface area contributed by atoms with E-state index in [-0.39, 0.29) is 5.56 Å². The van der Waals surface area contributed by atoms with E-state index < -0.39 is 12.1 Å². The summed E-state index contributed by atoms with van der Waals surface area (Å²) >= 11 is 1.17. The molecule has 0 aliphatic heterocycles. The second-order valence-corrected chi connectivity index (χ2v) is 7.46. The standard InChI is InChI=1S/C21H27NO4S/c1-2-16(15-17-10-5-3-6-11-17)9-7-4-8-13-26-21(25)22-19-18(20(23)24)12-14-27-19/h3,5-6,10-12,14,16H,2,4,7-9,13,15H2,1H3,(H,22,25)(H,23,24). The molecule has 27 heavy (non-hydrogen) atoms. The number of anilines is 1. The van der Waals surface area contributed by atoms with E-state index in [2.05, 4.69) is 36.5 Å². The minimum Gasteiger partial charge on any atom is -0.478 e. The number of rotatable bonds is 11. The summed E-state index contributed by atoms with van der Waals surface area (Å²) < 4.78 is 5.14. The number of aromatic carboxylic acids is 1. The Hall–Kier alpha value is -2.34. The maximum absolute atomic E-state index is 11.8. The van der Waals surface area contributed by atoms with Crippen molar-refractivity contribution in [3.63, 3.8) is 0 Å². The fourth-order valence-electron chi connectivity index (χ4n) is 2.98. The quantitative estimate of drug-likeness (QED) is 0.475. The molecule has 1 aromatic carbocycles. The zero-order chi connectivity index (χ0) is 19.5.